The van der Waals surface area contributed by atoms with Crippen molar-refractivity contribution in [1.29, 1.82) is 0 Å². The Bertz CT molecular complexity index is 175. The number of carbonyl (C=O) groups excluding carboxylic acids is 1. The van der Waals surface area contributed by atoms with Crippen LogP contribution in [-0.4, -0.2) is 5.91 Å². The van der Waals surface area contributed by atoms with Crippen LogP contribution >= 0.6 is 0 Å². The lowest BCUT2D eigenvalue weighted by Crippen LogP contribution is -2.32. The molecule has 0 heterocycles. The van der Waals surface area contributed by atoms with Crippen LogP contribution in [0.2, 0.25) is 0 Å². The highest BCUT2D eigenvalue weighted by molar-refractivity contribution is 5.76. The number of nitrogens with two attached hydrogens (primary N) is 1. The van der Waals surface area contributed by atoms with Crippen LogP contribution in [0.5, 0.6) is 0 Å². The maximum absolute atomic E-state index is 11.0. The molecule has 0 aromatic rings. The van der Waals surface area contributed by atoms with Crippen LogP contribution in [0.4, 0.5) is 0 Å². The van der Waals surface area contributed by atoms with Gasteiger partial charge >= 0.3 is 0 Å². The molecular formula is C11H21NO. The Morgan fingerprint density at radius 2 is 1.77 bits per heavy atom. The highest BCUT2D eigenvalue weighted by Gasteiger charge is 2.33. The largest absolute Gasteiger partial charge is 0.369 e. The van der Waals surface area contributed by atoms with Gasteiger partial charge in [0.1, 0.15) is 0 Å². The van der Waals surface area contributed by atoms with Gasteiger partial charge in [0.25, 0.3) is 0 Å². The van der Waals surface area contributed by atoms with Crippen molar-refractivity contribution >= 4 is 5.91 Å². The predicted molar refractivity (Wildman–Crippen MR) is 54.2 cm³/mol. The van der Waals surface area contributed by atoms with Gasteiger partial charge in [-0.2, -0.15) is 0 Å². The van der Waals surface area contributed by atoms with Gasteiger partial charge < -0.3 is 5.73 Å². The molecule has 76 valence electrons. The first-order valence-electron chi connectivity index (χ1n) is 5.43. The van der Waals surface area contributed by atoms with Crippen LogP contribution in [-0.2, 0) is 4.79 Å². The summed E-state index contributed by atoms with van der Waals surface area (Å²) in [5.74, 6) is 0.0621. The van der Waals surface area contributed by atoms with Crippen molar-refractivity contribution in [2.24, 2.45) is 17.1 Å². The molecular weight excluding hydrogens is 162 g/mol. The second kappa shape index (κ2) is 4.12. The third kappa shape index (κ3) is 2.23. The predicted octanol–water partition coefficient (Wildman–Crippen LogP) is 2.47. The quantitative estimate of drug-likeness (QED) is 0.717. The molecule has 2 nitrogen and oxygen atoms in total. The summed E-state index contributed by atoms with van der Waals surface area (Å²) >= 11 is 0. The minimum absolute atomic E-state index is 0.0965. The first-order valence-corrected chi connectivity index (χ1v) is 5.43. The van der Waals surface area contributed by atoms with E-state index in [1.54, 1.807) is 0 Å². The van der Waals surface area contributed by atoms with E-state index in [4.69, 9.17) is 5.73 Å². The van der Waals surface area contributed by atoms with Crippen LogP contribution in [0.3, 0.4) is 0 Å². The summed E-state index contributed by atoms with van der Waals surface area (Å²) in [5.41, 5.74) is 5.82. The van der Waals surface area contributed by atoms with E-state index in [1.807, 2.05) is 0 Å². The fourth-order valence-corrected chi connectivity index (χ4v) is 2.47. The van der Waals surface area contributed by atoms with Crippen LogP contribution in [0.25, 0.3) is 0 Å². The number of carbonyl (C=O) groups is 1. The molecule has 1 amide bonds. The van der Waals surface area contributed by atoms with Gasteiger partial charge in [-0.05, 0) is 31.1 Å². The van der Waals surface area contributed by atoms with Crippen LogP contribution in [0.15, 0.2) is 0 Å². The molecule has 0 aliphatic heterocycles. The lowest BCUT2D eigenvalue weighted by atomic mass is 9.67. The van der Waals surface area contributed by atoms with E-state index in [1.165, 1.54) is 25.7 Å². The number of amides is 1. The van der Waals surface area contributed by atoms with E-state index in [-0.39, 0.29) is 11.8 Å². The number of rotatable bonds is 3. The summed E-state index contributed by atoms with van der Waals surface area (Å²) < 4.78 is 0. The minimum Gasteiger partial charge on any atom is -0.369 e. The Labute approximate surface area is 80.9 Å². The third-order valence-electron chi connectivity index (χ3n) is 3.95. The summed E-state index contributed by atoms with van der Waals surface area (Å²) in [5, 5.41) is 0. The standard InChI is InChI=1S/C11H21NO/c1-3-11(4-2)7-5-9(6-8-11)10(12)13/h9H,3-8H2,1-2H3,(H2,12,13). The molecule has 13 heavy (non-hydrogen) atoms. The monoisotopic (exact) mass is 183 g/mol. The van der Waals surface area contributed by atoms with Crippen molar-refractivity contribution in [1.82, 2.24) is 0 Å². The van der Waals surface area contributed by atoms with Gasteiger partial charge in [-0.1, -0.05) is 26.7 Å². The van der Waals surface area contributed by atoms with E-state index < -0.39 is 0 Å². The van der Waals surface area contributed by atoms with Crippen LogP contribution in [0.1, 0.15) is 52.4 Å². The maximum atomic E-state index is 11.0. The minimum atomic E-state index is -0.0965. The van der Waals surface area contributed by atoms with Crippen molar-refractivity contribution in [3.63, 3.8) is 0 Å². The SMILES string of the molecule is CCC1(CC)CCC(C(N)=O)CC1. The molecule has 1 aliphatic carbocycles. The van der Waals surface area contributed by atoms with Crippen molar-refractivity contribution < 1.29 is 4.79 Å². The third-order valence-corrected chi connectivity index (χ3v) is 3.95. The second-order valence-corrected chi connectivity index (χ2v) is 4.38. The second-order valence-electron chi connectivity index (χ2n) is 4.38. The molecule has 1 saturated carbocycles. The molecule has 1 fully saturated rings. The average Bonchev–Trinajstić information content (AvgIpc) is 2.18. The Kier molecular flexibility index (Phi) is 3.34. The lowest BCUT2D eigenvalue weighted by molar-refractivity contribution is -0.123. The summed E-state index contributed by atoms with van der Waals surface area (Å²) in [4.78, 5) is 11.0. The molecule has 0 aromatic heterocycles. The molecule has 2 heteroatoms. The molecule has 0 saturated heterocycles. The van der Waals surface area contributed by atoms with Gasteiger partial charge in [-0.25, -0.2) is 0 Å². The molecule has 2 N–H and O–H groups in total. The first kappa shape index (κ1) is 10.6. The summed E-state index contributed by atoms with van der Waals surface area (Å²) in [6.07, 6.45) is 6.89. The zero-order valence-electron chi connectivity index (χ0n) is 8.81. The van der Waals surface area contributed by atoms with E-state index >= 15 is 0 Å². The number of primary amides is 1. The van der Waals surface area contributed by atoms with Gasteiger partial charge in [0.15, 0.2) is 0 Å². The van der Waals surface area contributed by atoms with Gasteiger partial charge in [0.05, 0.1) is 0 Å². The molecule has 1 aliphatic rings. The summed E-state index contributed by atoms with van der Waals surface area (Å²) in [7, 11) is 0. The highest BCUT2D eigenvalue weighted by Crippen LogP contribution is 2.43. The highest BCUT2D eigenvalue weighted by atomic mass is 16.1. The lowest BCUT2D eigenvalue weighted by Gasteiger charge is -2.38. The van der Waals surface area contributed by atoms with Crippen LogP contribution in [0, 0.1) is 11.3 Å². The van der Waals surface area contributed by atoms with Crippen molar-refractivity contribution in [3.05, 3.63) is 0 Å². The van der Waals surface area contributed by atoms with Crippen molar-refractivity contribution in [3.8, 4) is 0 Å². The van der Waals surface area contributed by atoms with Gasteiger partial charge in [-0.15, -0.1) is 0 Å². The Morgan fingerprint density at radius 1 is 1.31 bits per heavy atom. The zero-order valence-corrected chi connectivity index (χ0v) is 8.81. The molecule has 0 spiro atoms. The molecule has 0 unspecified atom stereocenters. The molecule has 1 rings (SSSR count). The van der Waals surface area contributed by atoms with E-state index in [0.29, 0.717) is 5.41 Å². The van der Waals surface area contributed by atoms with E-state index in [0.717, 1.165) is 12.8 Å². The van der Waals surface area contributed by atoms with Crippen molar-refractivity contribution in [2.45, 2.75) is 52.4 Å². The van der Waals surface area contributed by atoms with Gasteiger partial charge in [0, 0.05) is 5.92 Å². The van der Waals surface area contributed by atoms with Gasteiger partial charge in [-0.3, -0.25) is 4.79 Å². The Balaban J connectivity index is 2.50. The molecule has 0 bridgehead atoms. The Morgan fingerprint density at radius 3 is 2.08 bits per heavy atom. The van der Waals surface area contributed by atoms with E-state index in [2.05, 4.69) is 13.8 Å². The number of hydrogen-bond donors (Lipinski definition) is 1. The normalized spacial score (nSPS) is 22.9. The van der Waals surface area contributed by atoms with Gasteiger partial charge in [0.2, 0.25) is 5.91 Å². The topological polar surface area (TPSA) is 43.1 Å². The fraction of sp³-hybridized carbons (Fsp3) is 0.909. The smallest absolute Gasteiger partial charge is 0.220 e. The molecule has 0 radical (unpaired) electrons. The molecule has 0 atom stereocenters. The average molecular weight is 183 g/mol. The van der Waals surface area contributed by atoms with E-state index in [9.17, 15) is 4.79 Å². The van der Waals surface area contributed by atoms with Crippen molar-refractivity contribution in [2.75, 3.05) is 0 Å². The molecule has 0 aromatic carbocycles. The van der Waals surface area contributed by atoms with Crippen LogP contribution < -0.4 is 5.73 Å². The number of hydrogen-bond acceptors (Lipinski definition) is 1. The summed E-state index contributed by atoms with van der Waals surface area (Å²) in [6, 6.07) is 0. The summed E-state index contributed by atoms with van der Waals surface area (Å²) in [6.45, 7) is 4.52. The zero-order chi connectivity index (χ0) is 9.90. The first-order chi connectivity index (χ1) is 6.13. The maximum Gasteiger partial charge on any atom is 0.220 e. The Hall–Kier alpha value is -0.530. The fourth-order valence-electron chi connectivity index (χ4n) is 2.47.